The van der Waals surface area contributed by atoms with Crippen molar-refractivity contribution in [2.24, 2.45) is 0 Å². The van der Waals surface area contributed by atoms with E-state index in [2.05, 4.69) is 4.98 Å². The van der Waals surface area contributed by atoms with E-state index in [1.807, 2.05) is 6.07 Å². The zero-order valence-electron chi connectivity index (χ0n) is 6.29. The molecule has 1 aromatic carbocycles. The van der Waals surface area contributed by atoms with Crippen molar-refractivity contribution < 1.29 is 0 Å². The van der Waals surface area contributed by atoms with Crippen LogP contribution < -0.4 is 11.3 Å². The number of hydrogen-bond donors (Lipinski definition) is 1. The summed E-state index contributed by atoms with van der Waals surface area (Å²) in [5, 5.41) is 0.950. The molecule has 0 unspecified atom stereocenters. The molecule has 3 heteroatoms. The smallest absolute Gasteiger partial charge is 0.248 e. The molecule has 2 rings (SSSR count). The van der Waals surface area contributed by atoms with Gasteiger partial charge < -0.3 is 10.7 Å². The predicted molar refractivity (Wildman–Crippen MR) is 47.3 cm³/mol. The molecule has 0 spiro atoms. The zero-order valence-corrected chi connectivity index (χ0v) is 6.29. The molecule has 0 saturated carbocycles. The maximum Gasteiger partial charge on any atom is 0.248 e. The third kappa shape index (κ3) is 1.05. The number of fused-ring (bicyclic) bond motifs is 1. The number of aromatic nitrogens is 1. The monoisotopic (exact) mass is 159 g/mol. The van der Waals surface area contributed by atoms with E-state index >= 15 is 0 Å². The second-order valence-corrected chi connectivity index (χ2v) is 2.62. The highest BCUT2D eigenvalue weighted by molar-refractivity contribution is 5.80. The molecule has 0 aliphatic heterocycles. The lowest BCUT2D eigenvalue weighted by atomic mass is 10.2. The quantitative estimate of drug-likeness (QED) is 0.621. The van der Waals surface area contributed by atoms with Crippen LogP contribution in [0.2, 0.25) is 0 Å². The number of benzene rings is 1. The summed E-state index contributed by atoms with van der Waals surface area (Å²) < 4.78 is 0. The van der Waals surface area contributed by atoms with Gasteiger partial charge in [-0.2, -0.15) is 0 Å². The van der Waals surface area contributed by atoms with Gasteiger partial charge in [0.1, 0.15) is 0 Å². The Morgan fingerprint density at radius 3 is 2.75 bits per heavy atom. The molecule has 0 saturated heterocycles. The molecule has 0 aliphatic rings. The number of rotatable bonds is 0. The van der Waals surface area contributed by atoms with Gasteiger partial charge >= 0.3 is 0 Å². The Labute approximate surface area is 68.8 Å². The minimum Gasteiger partial charge on any atom is -0.322 e. The van der Waals surface area contributed by atoms with Crippen LogP contribution >= 0.6 is 0 Å². The van der Waals surface area contributed by atoms with Crippen molar-refractivity contribution in [1.29, 1.82) is 0 Å². The second kappa shape index (κ2) is 2.37. The second-order valence-electron chi connectivity index (χ2n) is 2.62. The lowest BCUT2D eigenvalue weighted by molar-refractivity contribution is 1.30. The molecule has 3 nitrogen and oxygen atoms in total. The van der Waals surface area contributed by atoms with Crippen LogP contribution in [-0.2, 0) is 0 Å². The third-order valence-electron chi connectivity index (χ3n) is 1.73. The van der Waals surface area contributed by atoms with Crippen LogP contribution in [0.3, 0.4) is 0 Å². The maximum atomic E-state index is 10.9. The average molecular weight is 159 g/mol. The van der Waals surface area contributed by atoms with Gasteiger partial charge in [-0.3, -0.25) is 4.79 Å². The Morgan fingerprint density at radius 2 is 1.92 bits per heavy atom. The van der Waals surface area contributed by atoms with Crippen LogP contribution in [0.15, 0.2) is 35.1 Å². The SMILES string of the molecule is [NH]c1ccc2ccc(=O)[nH]c2c1. The summed E-state index contributed by atoms with van der Waals surface area (Å²) in [7, 11) is 0. The van der Waals surface area contributed by atoms with Crippen molar-refractivity contribution in [3.05, 3.63) is 40.7 Å². The number of pyridine rings is 1. The van der Waals surface area contributed by atoms with Crippen LogP contribution in [-0.4, -0.2) is 4.98 Å². The number of nitrogens with one attached hydrogen (secondary N) is 2. The van der Waals surface area contributed by atoms with E-state index in [0.29, 0.717) is 5.69 Å². The van der Waals surface area contributed by atoms with E-state index in [1.165, 1.54) is 6.07 Å². The molecule has 1 heterocycles. The molecule has 2 aromatic rings. The topological polar surface area (TPSA) is 56.7 Å². The summed E-state index contributed by atoms with van der Waals surface area (Å²) in [5.74, 6) is 0. The number of H-pyrrole nitrogens is 1. The maximum absolute atomic E-state index is 10.9. The Hall–Kier alpha value is -1.77. The van der Waals surface area contributed by atoms with Gasteiger partial charge in [0.2, 0.25) is 5.56 Å². The molecule has 0 aliphatic carbocycles. The first-order valence-corrected chi connectivity index (χ1v) is 3.60. The van der Waals surface area contributed by atoms with E-state index in [4.69, 9.17) is 5.73 Å². The Kier molecular flexibility index (Phi) is 1.37. The van der Waals surface area contributed by atoms with E-state index in [1.54, 1.807) is 18.2 Å². The highest BCUT2D eigenvalue weighted by Crippen LogP contribution is 2.13. The van der Waals surface area contributed by atoms with Gasteiger partial charge in [0.15, 0.2) is 0 Å². The van der Waals surface area contributed by atoms with Gasteiger partial charge in [-0.05, 0) is 23.6 Å². The number of hydrogen-bond acceptors (Lipinski definition) is 1. The van der Waals surface area contributed by atoms with Crippen molar-refractivity contribution in [2.75, 3.05) is 0 Å². The minimum atomic E-state index is -0.131. The van der Waals surface area contributed by atoms with Gasteiger partial charge in [0.25, 0.3) is 0 Å². The fraction of sp³-hybridized carbons (Fsp3) is 0. The van der Waals surface area contributed by atoms with Gasteiger partial charge in [0, 0.05) is 6.07 Å². The molecule has 59 valence electrons. The van der Waals surface area contributed by atoms with E-state index in [-0.39, 0.29) is 5.56 Å². The molecule has 0 amide bonds. The Bertz CT molecular complexity index is 473. The Morgan fingerprint density at radius 1 is 1.17 bits per heavy atom. The standard InChI is InChI=1S/C9H7N2O/c10-7-3-1-6-2-4-9(12)11-8(6)5-7/h1-5,10H,(H,11,12). The molecule has 0 atom stereocenters. The predicted octanol–water partition coefficient (Wildman–Crippen LogP) is 1.44. The van der Waals surface area contributed by atoms with Crippen molar-refractivity contribution >= 4 is 16.6 Å². The lowest BCUT2D eigenvalue weighted by Crippen LogP contribution is -2.01. The van der Waals surface area contributed by atoms with Crippen LogP contribution in [0.4, 0.5) is 5.69 Å². The van der Waals surface area contributed by atoms with Crippen LogP contribution in [0.25, 0.3) is 10.9 Å². The number of aromatic amines is 1. The molecular weight excluding hydrogens is 152 g/mol. The Balaban J connectivity index is 2.89. The summed E-state index contributed by atoms with van der Waals surface area (Å²) in [6.45, 7) is 0. The highest BCUT2D eigenvalue weighted by Gasteiger charge is 1.93. The third-order valence-corrected chi connectivity index (χ3v) is 1.73. The van der Waals surface area contributed by atoms with Gasteiger partial charge in [0.05, 0.1) is 11.2 Å². The first-order valence-electron chi connectivity index (χ1n) is 3.60. The van der Waals surface area contributed by atoms with Crippen molar-refractivity contribution in [3.8, 4) is 0 Å². The van der Waals surface area contributed by atoms with Crippen molar-refractivity contribution in [3.63, 3.8) is 0 Å². The summed E-state index contributed by atoms with van der Waals surface area (Å²) in [4.78, 5) is 13.5. The normalized spacial score (nSPS) is 10.3. The highest BCUT2D eigenvalue weighted by atomic mass is 16.1. The summed E-state index contributed by atoms with van der Waals surface area (Å²) >= 11 is 0. The van der Waals surface area contributed by atoms with Crippen LogP contribution in [0, 0.1) is 0 Å². The molecule has 1 radical (unpaired) electrons. The van der Waals surface area contributed by atoms with Crippen LogP contribution in [0.1, 0.15) is 0 Å². The first kappa shape index (κ1) is 6.91. The van der Waals surface area contributed by atoms with Gasteiger partial charge in [-0.15, -0.1) is 0 Å². The van der Waals surface area contributed by atoms with E-state index in [0.717, 1.165) is 10.9 Å². The van der Waals surface area contributed by atoms with Crippen molar-refractivity contribution in [1.82, 2.24) is 10.7 Å². The van der Waals surface area contributed by atoms with E-state index < -0.39 is 0 Å². The first-order chi connectivity index (χ1) is 5.75. The fourth-order valence-corrected chi connectivity index (χ4v) is 1.15. The summed E-state index contributed by atoms with van der Waals surface area (Å²) in [5.41, 5.74) is 8.32. The van der Waals surface area contributed by atoms with E-state index in [9.17, 15) is 4.79 Å². The minimum absolute atomic E-state index is 0.131. The molecule has 12 heavy (non-hydrogen) atoms. The lowest BCUT2D eigenvalue weighted by Gasteiger charge is -1.96. The molecular formula is C9H7N2O. The molecule has 0 bridgehead atoms. The largest absolute Gasteiger partial charge is 0.322 e. The van der Waals surface area contributed by atoms with Crippen LogP contribution in [0.5, 0.6) is 0 Å². The molecule has 0 fully saturated rings. The molecule has 1 aromatic heterocycles. The molecule has 2 N–H and O–H groups in total. The van der Waals surface area contributed by atoms with Crippen molar-refractivity contribution in [2.45, 2.75) is 0 Å². The van der Waals surface area contributed by atoms with Gasteiger partial charge in [-0.25, -0.2) is 0 Å². The zero-order chi connectivity index (χ0) is 8.55. The summed E-state index contributed by atoms with van der Waals surface area (Å²) in [6.07, 6.45) is 0. The summed E-state index contributed by atoms with van der Waals surface area (Å²) in [6, 6.07) is 8.37. The fourth-order valence-electron chi connectivity index (χ4n) is 1.15. The van der Waals surface area contributed by atoms with Gasteiger partial charge in [-0.1, -0.05) is 6.07 Å². The average Bonchev–Trinajstić information content (AvgIpc) is 2.03.